The van der Waals surface area contributed by atoms with Crippen molar-refractivity contribution in [2.75, 3.05) is 29.9 Å². The molecule has 6 rings (SSSR count). The van der Waals surface area contributed by atoms with Gasteiger partial charge in [0, 0.05) is 50.3 Å². The van der Waals surface area contributed by atoms with Crippen LogP contribution in [-0.2, 0) is 4.79 Å². The van der Waals surface area contributed by atoms with Crippen LogP contribution >= 0.6 is 0 Å². The predicted octanol–water partition coefficient (Wildman–Crippen LogP) is 3.17. The lowest BCUT2D eigenvalue weighted by Gasteiger charge is -2.34. The van der Waals surface area contributed by atoms with Gasteiger partial charge in [-0.2, -0.15) is 0 Å². The minimum atomic E-state index is -0.00122. The lowest BCUT2D eigenvalue weighted by Crippen LogP contribution is -2.46. The van der Waals surface area contributed by atoms with E-state index in [1.165, 1.54) is 24.9 Å². The van der Waals surface area contributed by atoms with E-state index in [0.29, 0.717) is 18.4 Å². The standard InChI is InChI=1S/C26H34N8O/c1-2-23(35)29-17-11-16(13-27-14-17)20-12-18-21(15-28-20)32-33-24(18)26-30-19-7-6-8-22(25(19)31-26)34-9-4-3-5-10-34/h6-8,11,13-14,18,20-21,24,28,32-33H,2-5,9-10,12,15H2,1H3,(H,29,35)(H,30,31). The quantitative estimate of drug-likeness (QED) is 0.386. The summed E-state index contributed by atoms with van der Waals surface area (Å²) in [5.74, 6) is 1.36. The van der Waals surface area contributed by atoms with Crippen LogP contribution in [-0.4, -0.2) is 46.5 Å². The van der Waals surface area contributed by atoms with Crippen LogP contribution in [0.4, 0.5) is 11.4 Å². The second-order valence-electron chi connectivity index (χ2n) is 9.98. The summed E-state index contributed by atoms with van der Waals surface area (Å²) in [6.07, 6.45) is 8.81. The SMILES string of the molecule is CCC(=O)Nc1cncc(C2CC3C(CN2)NNC3c2nc3c(N4CCCCC4)cccc3[nH]2)c1. The smallest absolute Gasteiger partial charge is 0.224 e. The first-order chi connectivity index (χ1) is 17.2. The van der Waals surface area contributed by atoms with Gasteiger partial charge in [0.1, 0.15) is 11.3 Å². The number of nitrogens with zero attached hydrogens (tertiary/aromatic N) is 3. The fourth-order valence-electron chi connectivity index (χ4n) is 5.84. The predicted molar refractivity (Wildman–Crippen MR) is 137 cm³/mol. The molecule has 9 nitrogen and oxygen atoms in total. The summed E-state index contributed by atoms with van der Waals surface area (Å²) in [5, 5.41) is 6.59. The van der Waals surface area contributed by atoms with Crippen LogP contribution in [0.3, 0.4) is 0 Å². The van der Waals surface area contributed by atoms with E-state index in [1.54, 1.807) is 6.20 Å². The molecule has 5 heterocycles. The van der Waals surface area contributed by atoms with Gasteiger partial charge in [-0.1, -0.05) is 13.0 Å². The first-order valence-corrected chi connectivity index (χ1v) is 12.9. The first kappa shape index (κ1) is 22.5. The van der Waals surface area contributed by atoms with E-state index < -0.39 is 0 Å². The first-order valence-electron chi connectivity index (χ1n) is 12.9. The molecule has 5 N–H and O–H groups in total. The Labute approximate surface area is 205 Å². The Morgan fingerprint density at radius 2 is 2.06 bits per heavy atom. The number of nitrogens with one attached hydrogen (secondary N) is 5. The fraction of sp³-hybridized carbons (Fsp3) is 0.500. The molecular weight excluding hydrogens is 440 g/mol. The maximum atomic E-state index is 11.8. The van der Waals surface area contributed by atoms with E-state index in [9.17, 15) is 4.79 Å². The second-order valence-corrected chi connectivity index (χ2v) is 9.98. The average molecular weight is 475 g/mol. The minimum absolute atomic E-state index is 0.00122. The van der Waals surface area contributed by atoms with Gasteiger partial charge in [-0.3, -0.25) is 15.2 Å². The Balaban J connectivity index is 1.24. The molecule has 1 amide bonds. The number of hydrogen-bond donors (Lipinski definition) is 5. The Bertz CT molecular complexity index is 1200. The van der Waals surface area contributed by atoms with Crippen molar-refractivity contribution in [3.8, 4) is 0 Å². The zero-order chi connectivity index (χ0) is 23.8. The van der Waals surface area contributed by atoms with Gasteiger partial charge in [0.25, 0.3) is 0 Å². The molecule has 9 heteroatoms. The Morgan fingerprint density at radius 3 is 2.91 bits per heavy atom. The van der Waals surface area contributed by atoms with Crippen molar-refractivity contribution < 1.29 is 4.79 Å². The maximum Gasteiger partial charge on any atom is 0.224 e. The number of fused-ring (bicyclic) bond motifs is 2. The van der Waals surface area contributed by atoms with Crippen molar-refractivity contribution in [1.82, 2.24) is 31.1 Å². The van der Waals surface area contributed by atoms with Crippen LogP contribution in [0, 0.1) is 5.92 Å². The molecule has 4 unspecified atom stereocenters. The minimum Gasteiger partial charge on any atom is -0.370 e. The number of pyridine rings is 1. The summed E-state index contributed by atoms with van der Waals surface area (Å²) in [6, 6.07) is 9.10. The van der Waals surface area contributed by atoms with Crippen molar-refractivity contribution in [1.29, 1.82) is 0 Å². The van der Waals surface area contributed by atoms with Crippen molar-refractivity contribution in [3.05, 3.63) is 48.0 Å². The van der Waals surface area contributed by atoms with Crippen LogP contribution in [0.2, 0.25) is 0 Å². The molecule has 0 spiro atoms. The van der Waals surface area contributed by atoms with Crippen LogP contribution in [0.5, 0.6) is 0 Å². The number of carbonyl (C=O) groups is 1. The molecule has 3 aliphatic rings. The lowest BCUT2D eigenvalue weighted by molar-refractivity contribution is -0.115. The van der Waals surface area contributed by atoms with Gasteiger partial charge >= 0.3 is 0 Å². The summed E-state index contributed by atoms with van der Waals surface area (Å²) in [7, 11) is 0. The number of hydrazine groups is 1. The van der Waals surface area contributed by atoms with Crippen molar-refractivity contribution >= 4 is 28.3 Å². The molecule has 3 aromatic rings. The fourth-order valence-corrected chi connectivity index (χ4v) is 5.84. The molecule has 4 atom stereocenters. The zero-order valence-electron chi connectivity index (χ0n) is 20.2. The third-order valence-electron chi connectivity index (χ3n) is 7.73. The number of anilines is 2. The highest BCUT2D eigenvalue weighted by molar-refractivity contribution is 5.90. The van der Waals surface area contributed by atoms with E-state index in [-0.39, 0.29) is 18.0 Å². The average Bonchev–Trinajstić information content (AvgIpc) is 3.53. The van der Waals surface area contributed by atoms with Gasteiger partial charge < -0.3 is 20.5 Å². The van der Waals surface area contributed by atoms with E-state index >= 15 is 0 Å². The number of H-pyrrole nitrogens is 1. The lowest BCUT2D eigenvalue weighted by atomic mass is 9.82. The maximum absolute atomic E-state index is 11.8. The molecule has 3 fully saturated rings. The molecule has 0 saturated carbocycles. The highest BCUT2D eigenvalue weighted by Gasteiger charge is 2.42. The second kappa shape index (κ2) is 9.56. The topological polar surface area (TPSA) is 110 Å². The number of rotatable bonds is 5. The number of benzene rings is 1. The summed E-state index contributed by atoms with van der Waals surface area (Å²) in [5.41, 5.74) is 12.3. The molecular formula is C26H34N8O. The Hall–Kier alpha value is -3.01. The zero-order valence-corrected chi connectivity index (χ0v) is 20.2. The number of aromatic amines is 1. The number of aromatic nitrogens is 3. The highest BCUT2D eigenvalue weighted by atomic mass is 16.1. The van der Waals surface area contributed by atoms with Crippen LogP contribution in [0.15, 0.2) is 36.7 Å². The third-order valence-corrected chi connectivity index (χ3v) is 7.73. The normalized spacial score (nSPS) is 26.6. The number of para-hydroxylation sites is 1. The molecule has 3 saturated heterocycles. The van der Waals surface area contributed by atoms with Gasteiger partial charge in [0.2, 0.25) is 5.91 Å². The largest absolute Gasteiger partial charge is 0.370 e. The number of carbonyl (C=O) groups excluding carboxylic acids is 1. The van der Waals surface area contributed by atoms with Gasteiger partial charge in [0.15, 0.2) is 0 Å². The summed E-state index contributed by atoms with van der Waals surface area (Å²) in [6.45, 7) is 4.91. The molecule has 0 aliphatic carbocycles. The van der Waals surface area contributed by atoms with Crippen molar-refractivity contribution in [3.63, 3.8) is 0 Å². The van der Waals surface area contributed by atoms with Crippen LogP contribution in [0.25, 0.3) is 11.0 Å². The van der Waals surface area contributed by atoms with Crippen molar-refractivity contribution in [2.24, 2.45) is 5.92 Å². The Morgan fingerprint density at radius 1 is 1.17 bits per heavy atom. The molecule has 2 aromatic heterocycles. The molecule has 184 valence electrons. The molecule has 1 aromatic carbocycles. The summed E-state index contributed by atoms with van der Waals surface area (Å²) >= 11 is 0. The van der Waals surface area contributed by atoms with Gasteiger partial charge in [-0.05, 0) is 49.4 Å². The number of amides is 1. The number of piperidine rings is 2. The summed E-state index contributed by atoms with van der Waals surface area (Å²) < 4.78 is 0. The molecule has 35 heavy (non-hydrogen) atoms. The van der Waals surface area contributed by atoms with Crippen molar-refractivity contribution in [2.45, 2.75) is 57.2 Å². The van der Waals surface area contributed by atoms with E-state index in [0.717, 1.165) is 54.2 Å². The van der Waals surface area contributed by atoms with E-state index in [4.69, 9.17) is 4.98 Å². The third kappa shape index (κ3) is 4.39. The van der Waals surface area contributed by atoms with E-state index in [1.807, 2.05) is 19.2 Å². The van der Waals surface area contributed by atoms with Gasteiger partial charge in [-0.15, -0.1) is 0 Å². The van der Waals surface area contributed by atoms with Crippen LogP contribution in [0.1, 0.15) is 62.5 Å². The molecule has 3 aliphatic heterocycles. The Kier molecular flexibility index (Phi) is 6.13. The molecule has 0 radical (unpaired) electrons. The number of imidazole rings is 1. The van der Waals surface area contributed by atoms with Gasteiger partial charge in [-0.25, -0.2) is 10.4 Å². The van der Waals surface area contributed by atoms with Gasteiger partial charge in [0.05, 0.1) is 29.1 Å². The summed E-state index contributed by atoms with van der Waals surface area (Å²) in [4.78, 5) is 27.5. The monoisotopic (exact) mass is 474 g/mol. The molecule has 0 bridgehead atoms. The highest BCUT2D eigenvalue weighted by Crippen LogP contribution is 2.39. The van der Waals surface area contributed by atoms with Crippen LogP contribution < -0.4 is 26.4 Å². The van der Waals surface area contributed by atoms with E-state index in [2.05, 4.69) is 54.6 Å². The number of hydrogen-bond acceptors (Lipinski definition) is 7.